The molecule has 1 aromatic rings. The van der Waals surface area contributed by atoms with E-state index >= 15 is 0 Å². The van der Waals surface area contributed by atoms with Gasteiger partial charge in [-0.3, -0.25) is 14.3 Å². The maximum atomic E-state index is 12.4. The van der Waals surface area contributed by atoms with Crippen molar-refractivity contribution in [2.45, 2.75) is 31.5 Å². The van der Waals surface area contributed by atoms with Gasteiger partial charge in [-0.25, -0.2) is 4.79 Å². The Kier molecular flexibility index (Phi) is 2.40. The Hall–Kier alpha value is -1.53. The predicted molar refractivity (Wildman–Crippen MR) is 49.2 cm³/mol. The molecular weight excluding hydrogens is 225 g/mol. The van der Waals surface area contributed by atoms with E-state index in [1.54, 1.807) is 4.98 Å². The number of hydrogen-bond donors (Lipinski definition) is 1. The number of rotatable bonds is 1. The summed E-state index contributed by atoms with van der Waals surface area (Å²) in [6.07, 6.45) is -1.89. The second-order valence-corrected chi connectivity index (χ2v) is 3.79. The molecule has 1 aliphatic rings. The van der Waals surface area contributed by atoms with Crippen molar-refractivity contribution >= 4 is 0 Å². The molecule has 1 fully saturated rings. The Balaban J connectivity index is 2.55. The Bertz CT molecular complexity index is 511. The largest absolute Gasteiger partial charge is 0.423 e. The lowest BCUT2D eigenvalue weighted by molar-refractivity contribution is -0.139. The topological polar surface area (TPSA) is 54.9 Å². The van der Waals surface area contributed by atoms with E-state index in [9.17, 15) is 22.8 Å². The summed E-state index contributed by atoms with van der Waals surface area (Å²) < 4.78 is 38.2. The molecule has 0 saturated heterocycles. The molecule has 1 N–H and O–H groups in total. The molecule has 0 radical (unpaired) electrons. The molecule has 1 aromatic heterocycles. The van der Waals surface area contributed by atoms with Gasteiger partial charge in [0.1, 0.15) is 5.56 Å². The second kappa shape index (κ2) is 3.50. The summed E-state index contributed by atoms with van der Waals surface area (Å²) in [6.45, 7) is 0. The monoisotopic (exact) mass is 234 g/mol. The number of halogens is 3. The summed E-state index contributed by atoms with van der Waals surface area (Å²) >= 11 is 0. The van der Waals surface area contributed by atoms with Crippen molar-refractivity contribution in [2.75, 3.05) is 0 Å². The van der Waals surface area contributed by atoms with Crippen LogP contribution in [-0.4, -0.2) is 9.55 Å². The van der Waals surface area contributed by atoms with Crippen LogP contribution < -0.4 is 11.2 Å². The van der Waals surface area contributed by atoms with Crippen LogP contribution in [0.4, 0.5) is 13.2 Å². The van der Waals surface area contributed by atoms with E-state index in [0.717, 1.165) is 11.0 Å². The fourth-order valence-electron chi connectivity index (χ4n) is 1.62. The highest BCUT2D eigenvalue weighted by Gasteiger charge is 2.35. The average molecular weight is 234 g/mol. The third-order valence-electron chi connectivity index (χ3n) is 2.74. The summed E-state index contributed by atoms with van der Waals surface area (Å²) in [6, 6.07) is -0.217. The van der Waals surface area contributed by atoms with Crippen molar-refractivity contribution < 1.29 is 13.2 Å². The van der Waals surface area contributed by atoms with Crippen LogP contribution in [0, 0.1) is 0 Å². The lowest BCUT2D eigenvalue weighted by Gasteiger charge is -2.27. The highest BCUT2D eigenvalue weighted by molar-refractivity contribution is 5.09. The lowest BCUT2D eigenvalue weighted by Crippen LogP contribution is -2.38. The fourth-order valence-corrected chi connectivity index (χ4v) is 1.62. The fraction of sp³-hybridized carbons (Fsp3) is 0.556. The van der Waals surface area contributed by atoms with Gasteiger partial charge in [0.15, 0.2) is 0 Å². The number of nitrogens with zero attached hydrogens (tertiary/aromatic N) is 1. The Morgan fingerprint density at radius 1 is 1.31 bits per heavy atom. The minimum Gasteiger partial charge on any atom is -0.297 e. The molecule has 7 heteroatoms. The number of H-pyrrole nitrogens is 1. The third-order valence-corrected chi connectivity index (χ3v) is 2.74. The van der Waals surface area contributed by atoms with Gasteiger partial charge in [0, 0.05) is 12.2 Å². The molecule has 16 heavy (non-hydrogen) atoms. The van der Waals surface area contributed by atoms with Gasteiger partial charge < -0.3 is 0 Å². The molecule has 0 bridgehead atoms. The van der Waals surface area contributed by atoms with Gasteiger partial charge in [-0.1, -0.05) is 0 Å². The van der Waals surface area contributed by atoms with E-state index in [0.29, 0.717) is 19.0 Å². The zero-order chi connectivity index (χ0) is 11.9. The highest BCUT2D eigenvalue weighted by atomic mass is 19.4. The van der Waals surface area contributed by atoms with Crippen molar-refractivity contribution in [3.05, 3.63) is 32.6 Å². The van der Waals surface area contributed by atoms with E-state index in [2.05, 4.69) is 0 Å². The second-order valence-electron chi connectivity index (χ2n) is 3.79. The first-order valence-electron chi connectivity index (χ1n) is 4.82. The van der Waals surface area contributed by atoms with Gasteiger partial charge in [0.25, 0.3) is 5.56 Å². The van der Waals surface area contributed by atoms with Crippen molar-refractivity contribution in [2.24, 2.45) is 0 Å². The Morgan fingerprint density at radius 2 is 1.94 bits per heavy atom. The number of nitrogens with one attached hydrogen (secondary N) is 1. The molecule has 88 valence electrons. The van der Waals surface area contributed by atoms with Crippen LogP contribution in [-0.2, 0) is 6.18 Å². The maximum absolute atomic E-state index is 12.4. The van der Waals surface area contributed by atoms with E-state index in [1.165, 1.54) is 0 Å². The normalized spacial score (nSPS) is 17.2. The van der Waals surface area contributed by atoms with Crippen LogP contribution in [0.25, 0.3) is 0 Å². The zero-order valence-corrected chi connectivity index (χ0v) is 8.17. The number of aromatic nitrogens is 2. The van der Waals surface area contributed by atoms with Crippen LogP contribution in [0.5, 0.6) is 0 Å². The van der Waals surface area contributed by atoms with Crippen molar-refractivity contribution in [1.82, 2.24) is 9.55 Å². The van der Waals surface area contributed by atoms with Crippen LogP contribution in [0.15, 0.2) is 15.8 Å². The first-order valence-corrected chi connectivity index (χ1v) is 4.82. The maximum Gasteiger partial charge on any atom is 0.423 e. The molecular formula is C9H9F3N2O2. The smallest absolute Gasteiger partial charge is 0.297 e. The zero-order valence-electron chi connectivity index (χ0n) is 8.17. The van der Waals surface area contributed by atoms with Crippen LogP contribution in [0.2, 0.25) is 0 Å². The summed E-state index contributed by atoms with van der Waals surface area (Å²) in [5.74, 6) is 0. The molecule has 0 amide bonds. The van der Waals surface area contributed by atoms with Gasteiger partial charge in [0.2, 0.25) is 0 Å². The third kappa shape index (κ3) is 1.77. The number of alkyl halides is 3. The first kappa shape index (κ1) is 11.0. The quantitative estimate of drug-likeness (QED) is 0.795. The molecule has 0 unspecified atom stereocenters. The van der Waals surface area contributed by atoms with E-state index in [-0.39, 0.29) is 6.04 Å². The summed E-state index contributed by atoms with van der Waals surface area (Å²) in [5.41, 5.74) is -3.48. The van der Waals surface area contributed by atoms with E-state index in [4.69, 9.17) is 0 Å². The molecule has 4 nitrogen and oxygen atoms in total. The molecule has 1 heterocycles. The molecule has 0 aliphatic heterocycles. The van der Waals surface area contributed by atoms with Crippen LogP contribution in [0.1, 0.15) is 30.9 Å². The molecule has 0 spiro atoms. The minimum absolute atomic E-state index is 0.217. The van der Waals surface area contributed by atoms with E-state index < -0.39 is 23.0 Å². The molecule has 1 aliphatic carbocycles. The first-order chi connectivity index (χ1) is 7.39. The average Bonchev–Trinajstić information content (AvgIpc) is 2.03. The van der Waals surface area contributed by atoms with Gasteiger partial charge in [-0.2, -0.15) is 13.2 Å². The molecule has 1 saturated carbocycles. The van der Waals surface area contributed by atoms with Crippen molar-refractivity contribution in [3.8, 4) is 0 Å². The molecule has 0 atom stereocenters. The Morgan fingerprint density at radius 3 is 2.38 bits per heavy atom. The van der Waals surface area contributed by atoms with Crippen LogP contribution in [0.3, 0.4) is 0 Å². The van der Waals surface area contributed by atoms with E-state index in [1.807, 2.05) is 0 Å². The SMILES string of the molecule is O=c1[nH]c(=O)n(C2CCC2)cc1C(F)(F)F. The van der Waals surface area contributed by atoms with Crippen molar-refractivity contribution in [1.29, 1.82) is 0 Å². The van der Waals surface area contributed by atoms with Gasteiger partial charge in [-0.15, -0.1) is 0 Å². The minimum atomic E-state index is -4.73. The summed E-state index contributed by atoms with van der Waals surface area (Å²) in [4.78, 5) is 24.0. The summed E-state index contributed by atoms with van der Waals surface area (Å²) in [7, 11) is 0. The van der Waals surface area contributed by atoms with Crippen LogP contribution >= 0.6 is 0 Å². The number of hydrogen-bond acceptors (Lipinski definition) is 2. The Labute approximate surface area is 87.7 Å². The van der Waals surface area contributed by atoms with Crippen molar-refractivity contribution in [3.63, 3.8) is 0 Å². The predicted octanol–water partition coefficient (Wildman–Crippen LogP) is 1.28. The molecule has 2 rings (SSSR count). The lowest BCUT2D eigenvalue weighted by atomic mass is 9.93. The van der Waals surface area contributed by atoms with Gasteiger partial charge in [0.05, 0.1) is 0 Å². The standard InChI is InChI=1S/C9H9F3N2O2/c10-9(11,12)6-4-14(5-2-1-3-5)8(16)13-7(6)15/h4-5H,1-3H2,(H,13,15,16). The van der Waals surface area contributed by atoms with Gasteiger partial charge >= 0.3 is 11.9 Å². The number of aromatic amines is 1. The summed E-state index contributed by atoms with van der Waals surface area (Å²) in [5, 5.41) is 0. The highest BCUT2D eigenvalue weighted by Crippen LogP contribution is 2.31. The van der Waals surface area contributed by atoms with Gasteiger partial charge in [-0.05, 0) is 19.3 Å². The molecule has 0 aromatic carbocycles.